The second-order valence-corrected chi connectivity index (χ2v) is 6.29. The van der Waals surface area contributed by atoms with E-state index in [1.165, 1.54) is 18.2 Å². The van der Waals surface area contributed by atoms with Crippen molar-refractivity contribution < 1.29 is 18.1 Å². The lowest BCUT2D eigenvalue weighted by atomic mass is 10.3. The van der Waals surface area contributed by atoms with Crippen LogP contribution < -0.4 is 5.32 Å². The SMILES string of the molecule is O=[N+]([O-])c1ccccc1Nc1ncc(C(F)(F)F)c(Sc2ccccc2)n1. The van der Waals surface area contributed by atoms with Gasteiger partial charge in [0.25, 0.3) is 5.69 Å². The Morgan fingerprint density at radius 3 is 2.37 bits per heavy atom. The minimum atomic E-state index is -4.63. The summed E-state index contributed by atoms with van der Waals surface area (Å²) in [5.41, 5.74) is -1.14. The summed E-state index contributed by atoms with van der Waals surface area (Å²) >= 11 is 0.831. The zero-order valence-corrected chi connectivity index (χ0v) is 14.3. The average molecular weight is 392 g/mol. The number of rotatable bonds is 5. The highest BCUT2D eigenvalue weighted by molar-refractivity contribution is 7.99. The van der Waals surface area contributed by atoms with Gasteiger partial charge in [0.15, 0.2) is 0 Å². The van der Waals surface area contributed by atoms with Crippen molar-refractivity contribution in [3.8, 4) is 0 Å². The molecule has 0 fully saturated rings. The van der Waals surface area contributed by atoms with Crippen molar-refractivity contribution in [2.75, 3.05) is 5.32 Å². The Labute approximate surface area is 155 Å². The van der Waals surface area contributed by atoms with Crippen LogP contribution in [0.4, 0.5) is 30.5 Å². The largest absolute Gasteiger partial charge is 0.420 e. The summed E-state index contributed by atoms with van der Waals surface area (Å²) in [7, 11) is 0. The van der Waals surface area contributed by atoms with Crippen LogP contribution in [-0.2, 0) is 6.18 Å². The van der Waals surface area contributed by atoms with Crippen LogP contribution in [0.5, 0.6) is 0 Å². The predicted octanol–water partition coefficient (Wildman–Crippen LogP) is 5.30. The Bertz CT molecular complexity index is 968. The molecule has 0 aliphatic rings. The van der Waals surface area contributed by atoms with Crippen LogP contribution in [0, 0.1) is 10.1 Å². The Balaban J connectivity index is 1.98. The molecule has 27 heavy (non-hydrogen) atoms. The molecule has 3 rings (SSSR count). The molecule has 0 unspecified atom stereocenters. The van der Waals surface area contributed by atoms with Crippen LogP contribution in [0.3, 0.4) is 0 Å². The van der Waals surface area contributed by atoms with Gasteiger partial charge >= 0.3 is 6.18 Å². The van der Waals surface area contributed by atoms with Gasteiger partial charge in [0.2, 0.25) is 5.95 Å². The first-order valence-corrected chi connectivity index (χ1v) is 8.34. The van der Waals surface area contributed by atoms with E-state index in [0.717, 1.165) is 11.8 Å². The fourth-order valence-electron chi connectivity index (χ4n) is 2.16. The van der Waals surface area contributed by atoms with Crippen molar-refractivity contribution in [3.05, 3.63) is 76.5 Å². The monoisotopic (exact) mass is 392 g/mol. The van der Waals surface area contributed by atoms with E-state index in [1.807, 2.05) is 0 Å². The highest BCUT2D eigenvalue weighted by atomic mass is 32.2. The molecular formula is C17H11F3N4O2S. The minimum Gasteiger partial charge on any atom is -0.318 e. The number of benzene rings is 2. The van der Waals surface area contributed by atoms with Crippen molar-refractivity contribution in [2.45, 2.75) is 16.1 Å². The van der Waals surface area contributed by atoms with Gasteiger partial charge in [-0.15, -0.1) is 0 Å². The Hall–Kier alpha value is -3.14. The second-order valence-electron chi connectivity index (χ2n) is 5.22. The molecule has 0 aliphatic carbocycles. The lowest BCUT2D eigenvalue weighted by Gasteiger charge is -2.13. The number of hydrogen-bond acceptors (Lipinski definition) is 6. The van der Waals surface area contributed by atoms with Crippen LogP contribution in [0.1, 0.15) is 5.56 Å². The van der Waals surface area contributed by atoms with Crippen LogP contribution in [-0.4, -0.2) is 14.9 Å². The van der Waals surface area contributed by atoms with Gasteiger partial charge in [-0.25, -0.2) is 9.97 Å². The van der Waals surface area contributed by atoms with Gasteiger partial charge in [-0.3, -0.25) is 10.1 Å². The summed E-state index contributed by atoms with van der Waals surface area (Å²) in [5.74, 6) is -0.171. The van der Waals surface area contributed by atoms with Crippen molar-refractivity contribution >= 4 is 29.1 Å². The number of alkyl halides is 3. The number of nitrogens with one attached hydrogen (secondary N) is 1. The topological polar surface area (TPSA) is 81.0 Å². The van der Waals surface area contributed by atoms with Crippen molar-refractivity contribution in [1.29, 1.82) is 0 Å². The molecule has 0 aliphatic heterocycles. The molecule has 10 heteroatoms. The zero-order valence-electron chi connectivity index (χ0n) is 13.5. The maximum atomic E-state index is 13.3. The molecule has 0 spiro atoms. The lowest BCUT2D eigenvalue weighted by molar-refractivity contribution is -0.383. The molecule has 1 aromatic heterocycles. The first-order valence-electron chi connectivity index (χ1n) is 7.52. The van der Waals surface area contributed by atoms with Crippen LogP contribution in [0.25, 0.3) is 0 Å². The third-order valence-corrected chi connectivity index (χ3v) is 4.38. The number of halogens is 3. The fraction of sp³-hybridized carbons (Fsp3) is 0.0588. The van der Waals surface area contributed by atoms with Gasteiger partial charge in [0.05, 0.1) is 4.92 Å². The third-order valence-electron chi connectivity index (χ3n) is 3.36. The normalized spacial score (nSPS) is 11.2. The zero-order chi connectivity index (χ0) is 19.4. The molecule has 0 bridgehead atoms. The predicted molar refractivity (Wildman–Crippen MR) is 94.0 cm³/mol. The lowest BCUT2D eigenvalue weighted by Crippen LogP contribution is -2.11. The molecule has 0 saturated carbocycles. The van der Waals surface area contributed by atoms with Crippen LogP contribution in [0.2, 0.25) is 0 Å². The van der Waals surface area contributed by atoms with E-state index in [1.54, 1.807) is 36.4 Å². The highest BCUT2D eigenvalue weighted by Gasteiger charge is 2.35. The van der Waals surface area contributed by atoms with Gasteiger partial charge in [-0.1, -0.05) is 42.1 Å². The average Bonchev–Trinajstić information content (AvgIpc) is 2.62. The first kappa shape index (κ1) is 18.6. The smallest absolute Gasteiger partial charge is 0.318 e. The van der Waals surface area contributed by atoms with Gasteiger partial charge in [-0.2, -0.15) is 13.2 Å². The molecule has 1 heterocycles. The summed E-state index contributed by atoms with van der Waals surface area (Å²) < 4.78 is 39.8. The standard InChI is InChI=1S/C17H11F3N4O2S/c18-17(19,20)12-10-21-16(22-13-8-4-5-9-14(13)24(25)26)23-15(12)27-11-6-2-1-3-7-11/h1-10H,(H,21,22,23). The van der Waals surface area contributed by atoms with E-state index in [-0.39, 0.29) is 22.3 Å². The van der Waals surface area contributed by atoms with E-state index < -0.39 is 16.7 Å². The van der Waals surface area contributed by atoms with Gasteiger partial charge in [-0.05, 0) is 18.2 Å². The van der Waals surface area contributed by atoms with Crippen molar-refractivity contribution in [2.24, 2.45) is 0 Å². The molecule has 138 valence electrons. The van der Waals surface area contributed by atoms with Gasteiger partial charge in [0.1, 0.15) is 16.3 Å². The Morgan fingerprint density at radius 1 is 1.04 bits per heavy atom. The number of nitrogens with zero attached hydrogens (tertiary/aromatic N) is 3. The number of nitro benzene ring substituents is 1. The number of anilines is 2. The van der Waals surface area contributed by atoms with Crippen molar-refractivity contribution in [3.63, 3.8) is 0 Å². The molecule has 0 amide bonds. The Morgan fingerprint density at radius 2 is 1.70 bits per heavy atom. The van der Waals surface area contributed by atoms with E-state index in [9.17, 15) is 23.3 Å². The maximum absolute atomic E-state index is 13.3. The highest BCUT2D eigenvalue weighted by Crippen LogP contribution is 2.38. The van der Waals surface area contributed by atoms with E-state index in [2.05, 4.69) is 15.3 Å². The summed E-state index contributed by atoms with van der Waals surface area (Å²) in [6.07, 6.45) is -3.97. The number of hydrogen-bond donors (Lipinski definition) is 1. The van der Waals surface area contributed by atoms with Gasteiger partial charge < -0.3 is 5.32 Å². The quantitative estimate of drug-likeness (QED) is 0.361. The molecule has 3 aromatic rings. The first-order chi connectivity index (χ1) is 12.8. The van der Waals surface area contributed by atoms with E-state index >= 15 is 0 Å². The summed E-state index contributed by atoms with van der Waals surface area (Å²) in [6.45, 7) is 0. The Kier molecular flexibility index (Phi) is 5.26. The molecule has 2 aromatic carbocycles. The van der Waals surface area contributed by atoms with Crippen LogP contribution in [0.15, 0.2) is 70.7 Å². The number of nitro groups is 1. The second kappa shape index (κ2) is 7.62. The molecule has 0 radical (unpaired) electrons. The third kappa shape index (κ3) is 4.53. The molecule has 0 saturated heterocycles. The fourth-order valence-corrected chi connectivity index (χ4v) is 3.08. The number of para-hydroxylation sites is 2. The van der Waals surface area contributed by atoms with E-state index in [4.69, 9.17) is 0 Å². The van der Waals surface area contributed by atoms with Crippen molar-refractivity contribution in [1.82, 2.24) is 9.97 Å². The minimum absolute atomic E-state index is 0.0814. The maximum Gasteiger partial charge on any atom is 0.420 e. The van der Waals surface area contributed by atoms with E-state index in [0.29, 0.717) is 11.1 Å². The van der Waals surface area contributed by atoms with Crippen LogP contribution >= 0.6 is 11.8 Å². The molecule has 1 N–H and O–H groups in total. The summed E-state index contributed by atoms with van der Waals surface area (Å²) in [6, 6.07) is 14.2. The molecular weight excluding hydrogens is 381 g/mol. The summed E-state index contributed by atoms with van der Waals surface area (Å²) in [5, 5.41) is 13.4. The molecule has 6 nitrogen and oxygen atoms in total. The molecule has 0 atom stereocenters. The number of aromatic nitrogens is 2. The summed E-state index contributed by atoms with van der Waals surface area (Å²) in [4.78, 5) is 18.6. The van der Waals surface area contributed by atoms with Gasteiger partial charge in [0, 0.05) is 17.2 Å².